The first-order valence-electron chi connectivity index (χ1n) is 15.0. The van der Waals surface area contributed by atoms with E-state index in [0.717, 1.165) is 48.8 Å². The van der Waals surface area contributed by atoms with Crippen molar-refractivity contribution in [2.45, 2.75) is 63.5 Å². The van der Waals surface area contributed by atoms with Gasteiger partial charge in [0.2, 0.25) is 21.8 Å². The number of nitrogens with zero attached hydrogens (tertiary/aromatic N) is 4. The number of halogens is 1. The van der Waals surface area contributed by atoms with E-state index in [4.69, 9.17) is 4.74 Å². The summed E-state index contributed by atoms with van der Waals surface area (Å²) in [4.78, 5) is 26.8. The smallest absolute Gasteiger partial charge is 0.238 e. The fourth-order valence-corrected chi connectivity index (χ4v) is 7.41. The normalized spacial score (nSPS) is 22.3. The molecule has 1 spiro atoms. The summed E-state index contributed by atoms with van der Waals surface area (Å²) < 4.78 is 48.2. The number of amides is 1. The van der Waals surface area contributed by atoms with E-state index >= 15 is 4.39 Å². The Bertz CT molecular complexity index is 1670. The summed E-state index contributed by atoms with van der Waals surface area (Å²) in [7, 11) is -1.89. The molecule has 12 heteroatoms. The Morgan fingerprint density at radius 3 is 2.56 bits per heavy atom. The molecule has 3 aromatic rings. The fraction of sp³-hybridized carbons (Fsp3) is 0.516. The average molecular weight is 611 g/mol. The van der Waals surface area contributed by atoms with Gasteiger partial charge in [0.25, 0.3) is 0 Å². The topological polar surface area (TPSA) is 117 Å². The van der Waals surface area contributed by atoms with Gasteiger partial charge in [0.1, 0.15) is 18.1 Å². The Kier molecular flexibility index (Phi) is 7.80. The highest BCUT2D eigenvalue weighted by Crippen LogP contribution is 2.56. The first kappa shape index (κ1) is 29.7. The van der Waals surface area contributed by atoms with Gasteiger partial charge >= 0.3 is 0 Å². The van der Waals surface area contributed by atoms with E-state index < -0.39 is 21.3 Å². The zero-order valence-electron chi connectivity index (χ0n) is 25.1. The molecule has 2 N–H and O–H groups in total. The van der Waals surface area contributed by atoms with Crippen molar-refractivity contribution in [1.82, 2.24) is 20.2 Å². The second-order valence-corrected chi connectivity index (χ2v) is 14.1. The number of carbonyl (C=O) groups is 1. The van der Waals surface area contributed by atoms with Gasteiger partial charge in [-0.2, -0.15) is 0 Å². The minimum absolute atomic E-state index is 0.0608. The average Bonchev–Trinajstić information content (AvgIpc) is 3.16. The van der Waals surface area contributed by atoms with Crippen molar-refractivity contribution in [2.24, 2.45) is 0 Å². The molecular weight excluding hydrogens is 571 g/mol. The highest BCUT2D eigenvalue weighted by atomic mass is 32.2. The number of benzene rings is 1. The number of rotatable bonds is 9. The van der Waals surface area contributed by atoms with Crippen LogP contribution in [0.5, 0.6) is 5.88 Å². The van der Waals surface area contributed by atoms with Gasteiger partial charge < -0.3 is 19.9 Å². The Hall–Kier alpha value is -3.35. The Morgan fingerprint density at radius 1 is 1.12 bits per heavy atom. The number of aromatic nitrogens is 2. The molecule has 2 aliphatic heterocycles. The second-order valence-electron chi connectivity index (χ2n) is 12.4. The molecule has 43 heavy (non-hydrogen) atoms. The number of likely N-dealkylation sites (tertiary alicyclic amines) is 1. The molecule has 0 bridgehead atoms. The third kappa shape index (κ3) is 5.56. The van der Waals surface area contributed by atoms with Crippen molar-refractivity contribution in [1.29, 1.82) is 0 Å². The maximum absolute atomic E-state index is 15.7. The van der Waals surface area contributed by atoms with Crippen molar-refractivity contribution in [3.8, 4) is 17.0 Å². The lowest BCUT2D eigenvalue weighted by atomic mass is 9.61. The first-order valence-corrected chi connectivity index (χ1v) is 16.9. The fourth-order valence-electron chi connectivity index (χ4n) is 6.87. The predicted octanol–water partition coefficient (Wildman–Crippen LogP) is 4.05. The van der Waals surface area contributed by atoms with Crippen LogP contribution in [0.2, 0.25) is 0 Å². The number of hydrogen-bond acceptors (Lipinski definition) is 8. The molecule has 3 aliphatic rings. The summed E-state index contributed by atoms with van der Waals surface area (Å²) in [5.41, 5.74) is 2.21. The zero-order valence-corrected chi connectivity index (χ0v) is 25.9. The molecule has 10 nitrogen and oxygen atoms in total. The molecule has 1 aliphatic carbocycles. The van der Waals surface area contributed by atoms with Crippen LogP contribution in [0.4, 0.5) is 15.8 Å². The van der Waals surface area contributed by atoms with Gasteiger partial charge in [0.05, 0.1) is 29.1 Å². The van der Waals surface area contributed by atoms with Crippen LogP contribution in [-0.2, 0) is 20.2 Å². The van der Waals surface area contributed by atoms with Crippen molar-refractivity contribution in [3.05, 3.63) is 42.0 Å². The number of sulfonamides is 1. The Balaban J connectivity index is 1.39. The first-order chi connectivity index (χ1) is 20.5. The highest BCUT2D eigenvalue weighted by molar-refractivity contribution is 7.92. The lowest BCUT2D eigenvalue weighted by molar-refractivity contribution is -0.128. The number of likely N-dealkylation sites (N-methyl/N-ethyl adjacent to an activating group) is 1. The lowest BCUT2D eigenvalue weighted by Gasteiger charge is -2.50. The van der Waals surface area contributed by atoms with E-state index in [1.54, 1.807) is 24.2 Å². The number of nitrogens with one attached hydrogen (secondary N) is 2. The van der Waals surface area contributed by atoms with Crippen LogP contribution in [-0.4, -0.2) is 80.8 Å². The maximum atomic E-state index is 15.7. The van der Waals surface area contributed by atoms with Crippen LogP contribution in [0.25, 0.3) is 22.0 Å². The van der Waals surface area contributed by atoms with Crippen LogP contribution in [0.3, 0.4) is 0 Å². The number of anilines is 2. The maximum Gasteiger partial charge on any atom is 0.238 e. The van der Waals surface area contributed by atoms with Crippen LogP contribution < -0.4 is 19.7 Å². The van der Waals surface area contributed by atoms with E-state index in [2.05, 4.69) is 24.9 Å². The molecule has 0 atom stereocenters. The molecule has 1 amide bonds. The van der Waals surface area contributed by atoms with Crippen LogP contribution in [0.1, 0.15) is 51.5 Å². The minimum atomic E-state index is -3.67. The molecule has 0 radical (unpaired) electrons. The third-order valence-corrected chi connectivity index (χ3v) is 9.51. The molecule has 1 saturated heterocycles. The van der Waals surface area contributed by atoms with Gasteiger partial charge in [0, 0.05) is 60.0 Å². The summed E-state index contributed by atoms with van der Waals surface area (Å²) in [5.74, 6) is -0.355. The molecule has 4 heterocycles. The summed E-state index contributed by atoms with van der Waals surface area (Å²) in [6.45, 7) is 6.97. The SMILES string of the molecule is CC(C)NCCOc1ncc(-c2cc3c4c(cnc3cc2F)N(C)C(=O)C42CC(N3CCCCC3)C2)cc1NS(C)(=O)=O. The number of fused-ring (bicyclic) bond motifs is 4. The van der Waals surface area contributed by atoms with Crippen LogP contribution in [0, 0.1) is 5.82 Å². The summed E-state index contributed by atoms with van der Waals surface area (Å²) in [5, 5.41) is 3.96. The monoisotopic (exact) mass is 610 g/mol. The Labute approximate surface area is 252 Å². The van der Waals surface area contributed by atoms with Crippen LogP contribution in [0.15, 0.2) is 30.6 Å². The third-order valence-electron chi connectivity index (χ3n) is 8.92. The molecule has 230 valence electrons. The molecule has 0 unspecified atom stereocenters. The summed E-state index contributed by atoms with van der Waals surface area (Å²) >= 11 is 0. The summed E-state index contributed by atoms with van der Waals surface area (Å²) in [6, 6.07) is 5.26. The van der Waals surface area contributed by atoms with Gasteiger partial charge in [-0.1, -0.05) is 20.3 Å². The standard InChI is InChI=1S/C31H39FN6O4S/c1-19(2)33-8-11-42-29-26(36-43(4,40)41)12-20(17-35-29)22-13-23-25(14-24(22)32)34-18-27-28(23)31(30(39)37(27)3)15-21(16-31)38-9-6-5-7-10-38/h12-14,17-19,21,33,36H,5-11,15-16H2,1-4H3. The quantitative estimate of drug-likeness (QED) is 0.349. The van der Waals surface area contributed by atoms with Gasteiger partial charge in [-0.25, -0.2) is 17.8 Å². The molecule has 2 fully saturated rings. The van der Waals surface area contributed by atoms with Crippen molar-refractivity contribution < 1.29 is 22.3 Å². The molecule has 2 aromatic heterocycles. The Morgan fingerprint density at radius 2 is 1.86 bits per heavy atom. The molecule has 1 aromatic carbocycles. The number of piperidine rings is 1. The second kappa shape index (κ2) is 11.3. The van der Waals surface area contributed by atoms with E-state index in [1.807, 2.05) is 13.8 Å². The number of ether oxygens (including phenoxy) is 1. The van der Waals surface area contributed by atoms with Gasteiger partial charge in [-0.3, -0.25) is 14.5 Å². The number of carbonyl (C=O) groups excluding carboxylic acids is 1. The highest BCUT2D eigenvalue weighted by Gasteiger charge is 2.59. The van der Waals surface area contributed by atoms with Crippen molar-refractivity contribution in [2.75, 3.05) is 49.2 Å². The van der Waals surface area contributed by atoms with Gasteiger partial charge in [-0.05, 0) is 50.9 Å². The lowest BCUT2D eigenvalue weighted by Crippen LogP contribution is -2.58. The van der Waals surface area contributed by atoms with E-state index in [-0.39, 0.29) is 35.7 Å². The number of hydrogen-bond donors (Lipinski definition) is 2. The van der Waals surface area contributed by atoms with Crippen LogP contribution >= 0.6 is 0 Å². The van der Waals surface area contributed by atoms with E-state index in [0.29, 0.717) is 23.7 Å². The minimum Gasteiger partial charge on any atom is -0.475 e. The zero-order chi connectivity index (χ0) is 30.5. The number of pyridine rings is 2. The van der Waals surface area contributed by atoms with Crippen molar-refractivity contribution >= 4 is 38.2 Å². The molecule has 1 saturated carbocycles. The van der Waals surface area contributed by atoms with Gasteiger partial charge in [0.15, 0.2) is 0 Å². The largest absolute Gasteiger partial charge is 0.475 e. The predicted molar refractivity (Wildman–Crippen MR) is 166 cm³/mol. The summed E-state index contributed by atoms with van der Waals surface area (Å²) in [6.07, 6.45) is 9.28. The van der Waals surface area contributed by atoms with E-state index in [9.17, 15) is 13.2 Å². The van der Waals surface area contributed by atoms with Crippen molar-refractivity contribution in [3.63, 3.8) is 0 Å². The van der Waals surface area contributed by atoms with Gasteiger partial charge in [-0.15, -0.1) is 0 Å². The molecular formula is C31H39FN6O4S. The molecule has 6 rings (SSSR count). The van der Waals surface area contributed by atoms with E-state index in [1.165, 1.54) is 37.6 Å².